The van der Waals surface area contributed by atoms with Crippen LogP contribution >= 0.6 is 0 Å². The van der Waals surface area contributed by atoms with Crippen molar-refractivity contribution in [3.05, 3.63) is 54.6 Å². The molecule has 0 atom stereocenters. The van der Waals surface area contributed by atoms with Gasteiger partial charge in [0, 0.05) is 12.2 Å². The topological polar surface area (TPSA) is 59.6 Å². The first-order valence-electron chi connectivity index (χ1n) is 7.73. The van der Waals surface area contributed by atoms with E-state index in [4.69, 9.17) is 9.47 Å². The van der Waals surface area contributed by atoms with Gasteiger partial charge in [-0.15, -0.1) is 0 Å². The largest absolute Gasteiger partial charge is 0.494 e. The minimum atomic E-state index is -0.228. The van der Waals surface area contributed by atoms with Gasteiger partial charge < -0.3 is 20.1 Å². The molecule has 0 saturated heterocycles. The SMILES string of the molecule is CCOc1ccc(NC(=O)NCCCOc2ccccc2)cc1. The lowest BCUT2D eigenvalue weighted by Gasteiger charge is -2.09. The minimum Gasteiger partial charge on any atom is -0.494 e. The Morgan fingerprint density at radius 2 is 1.65 bits per heavy atom. The molecule has 2 amide bonds. The number of hydrogen-bond acceptors (Lipinski definition) is 3. The number of carbonyl (C=O) groups is 1. The summed E-state index contributed by atoms with van der Waals surface area (Å²) in [5.41, 5.74) is 0.728. The number of nitrogens with one attached hydrogen (secondary N) is 2. The number of anilines is 1. The van der Waals surface area contributed by atoms with Crippen LogP contribution in [0.2, 0.25) is 0 Å². The van der Waals surface area contributed by atoms with Crippen LogP contribution in [0.15, 0.2) is 54.6 Å². The Morgan fingerprint density at radius 1 is 0.957 bits per heavy atom. The van der Waals surface area contributed by atoms with E-state index >= 15 is 0 Å². The molecular weight excluding hydrogens is 292 g/mol. The Hall–Kier alpha value is -2.69. The Bertz CT molecular complexity index is 585. The second-order valence-electron chi connectivity index (χ2n) is 4.85. The summed E-state index contributed by atoms with van der Waals surface area (Å²) in [7, 11) is 0. The Kier molecular flexibility index (Phi) is 6.78. The average molecular weight is 314 g/mol. The molecule has 0 aromatic heterocycles. The number of urea groups is 1. The first-order chi connectivity index (χ1) is 11.3. The lowest BCUT2D eigenvalue weighted by molar-refractivity contribution is 0.250. The van der Waals surface area contributed by atoms with E-state index in [1.807, 2.05) is 61.5 Å². The Labute approximate surface area is 136 Å². The molecule has 0 aliphatic rings. The monoisotopic (exact) mass is 314 g/mol. The Morgan fingerprint density at radius 3 is 2.35 bits per heavy atom. The van der Waals surface area contributed by atoms with Crippen molar-refractivity contribution in [3.8, 4) is 11.5 Å². The third kappa shape index (κ3) is 6.30. The maximum atomic E-state index is 11.8. The molecule has 0 saturated carbocycles. The van der Waals surface area contributed by atoms with Crippen molar-refractivity contribution in [2.75, 3.05) is 25.1 Å². The molecule has 2 N–H and O–H groups in total. The second-order valence-corrected chi connectivity index (χ2v) is 4.85. The third-order valence-corrected chi connectivity index (χ3v) is 3.04. The molecule has 0 spiro atoms. The number of benzene rings is 2. The second kappa shape index (κ2) is 9.35. The molecular formula is C18H22N2O3. The van der Waals surface area contributed by atoms with E-state index in [-0.39, 0.29) is 6.03 Å². The number of rotatable bonds is 8. The minimum absolute atomic E-state index is 0.228. The van der Waals surface area contributed by atoms with Crippen LogP contribution in [0.25, 0.3) is 0 Å². The predicted molar refractivity (Wildman–Crippen MR) is 91.2 cm³/mol. The van der Waals surface area contributed by atoms with Gasteiger partial charge in [0.05, 0.1) is 13.2 Å². The molecule has 23 heavy (non-hydrogen) atoms. The molecule has 2 rings (SSSR count). The smallest absolute Gasteiger partial charge is 0.319 e. The molecule has 0 heterocycles. The van der Waals surface area contributed by atoms with Crippen molar-refractivity contribution in [1.29, 1.82) is 0 Å². The lowest BCUT2D eigenvalue weighted by atomic mass is 10.3. The van der Waals surface area contributed by atoms with Gasteiger partial charge in [-0.25, -0.2) is 4.79 Å². The normalized spacial score (nSPS) is 9.96. The molecule has 0 aliphatic carbocycles. The van der Waals surface area contributed by atoms with Crippen LogP contribution in [0.3, 0.4) is 0 Å². The quantitative estimate of drug-likeness (QED) is 0.731. The van der Waals surface area contributed by atoms with E-state index in [1.54, 1.807) is 0 Å². The van der Waals surface area contributed by atoms with Gasteiger partial charge in [-0.3, -0.25) is 0 Å². The highest BCUT2D eigenvalue weighted by Gasteiger charge is 2.01. The summed E-state index contributed by atoms with van der Waals surface area (Å²) >= 11 is 0. The van der Waals surface area contributed by atoms with Crippen LogP contribution in [-0.2, 0) is 0 Å². The molecule has 0 fully saturated rings. The van der Waals surface area contributed by atoms with Crippen LogP contribution in [-0.4, -0.2) is 25.8 Å². The maximum absolute atomic E-state index is 11.8. The summed E-state index contributed by atoms with van der Waals surface area (Å²) in [6.07, 6.45) is 0.742. The molecule has 5 heteroatoms. The van der Waals surface area contributed by atoms with Crippen molar-refractivity contribution in [3.63, 3.8) is 0 Å². The van der Waals surface area contributed by atoms with Gasteiger partial charge in [-0.05, 0) is 49.7 Å². The van der Waals surface area contributed by atoms with Crippen LogP contribution in [0.1, 0.15) is 13.3 Å². The van der Waals surface area contributed by atoms with Gasteiger partial charge in [0.15, 0.2) is 0 Å². The lowest BCUT2D eigenvalue weighted by Crippen LogP contribution is -2.30. The van der Waals surface area contributed by atoms with Crippen LogP contribution in [0.5, 0.6) is 11.5 Å². The highest BCUT2D eigenvalue weighted by molar-refractivity contribution is 5.89. The fraction of sp³-hybridized carbons (Fsp3) is 0.278. The standard InChI is InChI=1S/C18H22N2O3/c1-2-22-17-11-9-15(10-12-17)20-18(21)19-13-6-14-23-16-7-4-3-5-8-16/h3-5,7-12H,2,6,13-14H2,1H3,(H2,19,20,21). The first kappa shape index (κ1) is 16.7. The number of ether oxygens (including phenoxy) is 2. The van der Waals surface area contributed by atoms with Crippen molar-refractivity contribution in [1.82, 2.24) is 5.32 Å². The Balaban J connectivity index is 1.61. The number of hydrogen-bond donors (Lipinski definition) is 2. The highest BCUT2D eigenvalue weighted by atomic mass is 16.5. The molecule has 0 bridgehead atoms. The fourth-order valence-corrected chi connectivity index (χ4v) is 1.96. The summed E-state index contributed by atoms with van der Waals surface area (Å²) < 4.78 is 10.9. The first-order valence-corrected chi connectivity index (χ1v) is 7.73. The van der Waals surface area contributed by atoms with Gasteiger partial charge in [0.25, 0.3) is 0 Å². The summed E-state index contributed by atoms with van der Waals surface area (Å²) in [5, 5.41) is 5.57. The summed E-state index contributed by atoms with van der Waals surface area (Å²) in [6.45, 7) is 3.67. The zero-order valence-corrected chi connectivity index (χ0v) is 13.2. The molecule has 0 unspecified atom stereocenters. The summed E-state index contributed by atoms with van der Waals surface area (Å²) in [4.78, 5) is 11.8. The van der Waals surface area contributed by atoms with E-state index < -0.39 is 0 Å². The van der Waals surface area contributed by atoms with Gasteiger partial charge in [-0.1, -0.05) is 18.2 Å². The summed E-state index contributed by atoms with van der Waals surface area (Å²) in [5.74, 6) is 1.63. The molecule has 2 aromatic rings. The number of para-hydroxylation sites is 1. The number of carbonyl (C=O) groups excluding carboxylic acids is 1. The van der Waals surface area contributed by atoms with Gasteiger partial charge in [0.2, 0.25) is 0 Å². The maximum Gasteiger partial charge on any atom is 0.319 e. The average Bonchev–Trinajstić information content (AvgIpc) is 2.57. The predicted octanol–water partition coefficient (Wildman–Crippen LogP) is 3.68. The van der Waals surface area contributed by atoms with Crippen molar-refractivity contribution < 1.29 is 14.3 Å². The van der Waals surface area contributed by atoms with Gasteiger partial charge in [0.1, 0.15) is 11.5 Å². The van der Waals surface area contributed by atoms with Gasteiger partial charge in [-0.2, -0.15) is 0 Å². The van der Waals surface area contributed by atoms with Crippen LogP contribution in [0.4, 0.5) is 10.5 Å². The molecule has 122 valence electrons. The molecule has 0 radical (unpaired) electrons. The van der Waals surface area contributed by atoms with E-state index in [0.29, 0.717) is 19.8 Å². The molecule has 5 nitrogen and oxygen atoms in total. The van der Waals surface area contributed by atoms with Gasteiger partial charge >= 0.3 is 6.03 Å². The van der Waals surface area contributed by atoms with E-state index in [0.717, 1.165) is 23.6 Å². The van der Waals surface area contributed by atoms with Crippen molar-refractivity contribution in [2.45, 2.75) is 13.3 Å². The van der Waals surface area contributed by atoms with Crippen molar-refractivity contribution >= 4 is 11.7 Å². The van der Waals surface area contributed by atoms with E-state index in [1.165, 1.54) is 0 Å². The van der Waals surface area contributed by atoms with Crippen molar-refractivity contribution in [2.24, 2.45) is 0 Å². The zero-order valence-electron chi connectivity index (χ0n) is 13.2. The highest BCUT2D eigenvalue weighted by Crippen LogP contribution is 2.15. The summed E-state index contributed by atoms with van der Waals surface area (Å²) in [6, 6.07) is 16.7. The zero-order chi connectivity index (χ0) is 16.3. The van der Waals surface area contributed by atoms with Crippen LogP contribution in [0, 0.1) is 0 Å². The van der Waals surface area contributed by atoms with Crippen LogP contribution < -0.4 is 20.1 Å². The molecule has 2 aromatic carbocycles. The molecule has 0 aliphatic heterocycles. The van der Waals surface area contributed by atoms with E-state index in [2.05, 4.69) is 10.6 Å². The van der Waals surface area contributed by atoms with E-state index in [9.17, 15) is 4.79 Å². The fourth-order valence-electron chi connectivity index (χ4n) is 1.96. The third-order valence-electron chi connectivity index (χ3n) is 3.04. The number of amides is 2.